The number of hydrogen-bond donors (Lipinski definition) is 0. The Balaban J connectivity index is 1.06. The zero-order chi connectivity index (χ0) is 36.0. The lowest BCUT2D eigenvalue weighted by Gasteiger charge is -2.12. The van der Waals surface area contributed by atoms with Crippen LogP contribution in [0.5, 0.6) is 0 Å². The number of aromatic nitrogens is 5. The number of benzene rings is 7. The number of pyridine rings is 1. The first-order valence-corrected chi connectivity index (χ1v) is 18.4. The van der Waals surface area contributed by atoms with Crippen LogP contribution in [0.4, 0.5) is 0 Å². The van der Waals surface area contributed by atoms with Crippen LogP contribution in [-0.2, 0) is 0 Å². The summed E-state index contributed by atoms with van der Waals surface area (Å²) in [6, 6.07) is 59.7. The Bertz CT molecular complexity index is 3500. The third-order valence-corrected chi connectivity index (χ3v) is 11.0. The van der Waals surface area contributed by atoms with Gasteiger partial charge in [0, 0.05) is 49.8 Å². The van der Waals surface area contributed by atoms with Gasteiger partial charge in [0.25, 0.3) is 0 Å². The van der Waals surface area contributed by atoms with Crippen LogP contribution in [0, 0.1) is 0 Å². The molecule has 0 saturated heterocycles. The minimum atomic E-state index is 0.650. The van der Waals surface area contributed by atoms with Gasteiger partial charge in [0.15, 0.2) is 5.58 Å². The van der Waals surface area contributed by atoms with Gasteiger partial charge in [-0.15, -0.1) is 0 Å². The van der Waals surface area contributed by atoms with Crippen LogP contribution in [0.1, 0.15) is 0 Å². The summed E-state index contributed by atoms with van der Waals surface area (Å²) in [5.74, 6) is 0.650. The van der Waals surface area contributed by atoms with Gasteiger partial charge >= 0.3 is 0 Å². The van der Waals surface area contributed by atoms with Crippen LogP contribution in [0.3, 0.4) is 0 Å². The fraction of sp³-hybridized carbons (Fsp3) is 0. The molecule has 0 aliphatic heterocycles. The van der Waals surface area contributed by atoms with Gasteiger partial charge in [0.1, 0.15) is 11.1 Å². The lowest BCUT2D eigenvalue weighted by molar-refractivity contribution is 0.668. The number of hydrogen-bond acceptors (Lipinski definition) is 4. The molecule has 0 radical (unpaired) electrons. The smallest absolute Gasteiger partial charge is 0.235 e. The number of furan rings is 1. The zero-order valence-electron chi connectivity index (χ0n) is 29.4. The summed E-state index contributed by atoms with van der Waals surface area (Å²) < 4.78 is 10.7. The summed E-state index contributed by atoms with van der Waals surface area (Å²) in [6.45, 7) is 0. The average Bonchev–Trinajstić information content (AvgIpc) is 3.90. The van der Waals surface area contributed by atoms with E-state index in [1.165, 1.54) is 10.8 Å². The van der Waals surface area contributed by atoms with Gasteiger partial charge in [-0.1, -0.05) is 103 Å². The first-order chi connectivity index (χ1) is 27.3. The quantitative estimate of drug-likeness (QED) is 0.183. The third-order valence-electron chi connectivity index (χ3n) is 11.0. The molecule has 0 spiro atoms. The minimum Gasteiger partial charge on any atom is -0.454 e. The summed E-state index contributed by atoms with van der Waals surface area (Å²) in [5, 5.41) is 6.74. The second kappa shape index (κ2) is 11.5. The Morgan fingerprint density at radius 3 is 1.96 bits per heavy atom. The Morgan fingerprint density at radius 1 is 0.400 bits per heavy atom. The van der Waals surface area contributed by atoms with Gasteiger partial charge in [-0.25, -0.2) is 9.97 Å². The van der Waals surface area contributed by atoms with E-state index < -0.39 is 0 Å². The minimum absolute atomic E-state index is 0.650. The Kier molecular flexibility index (Phi) is 6.24. The maximum atomic E-state index is 6.11. The molecule has 5 aromatic heterocycles. The predicted octanol–water partition coefficient (Wildman–Crippen LogP) is 12.5. The van der Waals surface area contributed by atoms with E-state index in [4.69, 9.17) is 14.4 Å². The molecule has 0 aliphatic carbocycles. The van der Waals surface area contributed by atoms with Crippen molar-refractivity contribution in [3.63, 3.8) is 0 Å². The second-order valence-corrected chi connectivity index (χ2v) is 14.1. The molecule has 0 unspecified atom stereocenters. The monoisotopic (exact) mass is 703 g/mol. The van der Waals surface area contributed by atoms with Gasteiger partial charge in [-0.05, 0) is 77.9 Å². The molecule has 12 rings (SSSR count). The number of rotatable bonds is 4. The van der Waals surface area contributed by atoms with Gasteiger partial charge in [0.2, 0.25) is 5.95 Å². The van der Waals surface area contributed by atoms with E-state index in [9.17, 15) is 0 Å². The number of fused-ring (bicyclic) bond motifs is 10. The van der Waals surface area contributed by atoms with Crippen molar-refractivity contribution >= 4 is 76.6 Å². The molecule has 0 aliphatic rings. The highest BCUT2D eigenvalue weighted by Crippen LogP contribution is 2.39. The molecule has 7 aromatic carbocycles. The first kappa shape index (κ1) is 29.9. The highest BCUT2D eigenvalue weighted by atomic mass is 16.3. The topological polar surface area (TPSA) is 61.7 Å². The lowest BCUT2D eigenvalue weighted by Crippen LogP contribution is -2.03. The van der Waals surface area contributed by atoms with Crippen molar-refractivity contribution < 1.29 is 4.42 Å². The number of para-hydroxylation sites is 3. The van der Waals surface area contributed by atoms with Crippen LogP contribution in [0.2, 0.25) is 0 Å². The van der Waals surface area contributed by atoms with Gasteiger partial charge in [-0.3, -0.25) is 9.55 Å². The molecule has 0 amide bonds. The summed E-state index contributed by atoms with van der Waals surface area (Å²) in [6.07, 6.45) is 1.82. The molecule has 12 aromatic rings. The zero-order valence-corrected chi connectivity index (χ0v) is 29.4. The van der Waals surface area contributed by atoms with Crippen molar-refractivity contribution in [2.24, 2.45) is 0 Å². The van der Waals surface area contributed by atoms with Crippen molar-refractivity contribution in [1.82, 2.24) is 24.1 Å². The SMILES string of the molecule is c1ccc(-c2nc(-n3c4ccccc4c4ccc(-c5ccc6c(c5)c5ccccc5n6-c5ccc6oc7cccnc7c6c5)cc43)nc3ccccc23)cc1. The van der Waals surface area contributed by atoms with Crippen molar-refractivity contribution in [3.05, 3.63) is 176 Å². The Labute approximate surface area is 314 Å². The molecule has 0 N–H and O–H groups in total. The molecule has 0 fully saturated rings. The summed E-state index contributed by atoms with van der Waals surface area (Å²) >= 11 is 0. The average molecular weight is 704 g/mol. The van der Waals surface area contributed by atoms with Gasteiger partial charge < -0.3 is 8.98 Å². The van der Waals surface area contributed by atoms with Crippen molar-refractivity contribution in [2.45, 2.75) is 0 Å². The summed E-state index contributed by atoms with van der Waals surface area (Å²) in [4.78, 5) is 15.1. The van der Waals surface area contributed by atoms with E-state index in [0.717, 1.165) is 93.9 Å². The summed E-state index contributed by atoms with van der Waals surface area (Å²) in [7, 11) is 0. The van der Waals surface area contributed by atoms with E-state index in [2.05, 4.69) is 160 Å². The third kappa shape index (κ3) is 4.46. The van der Waals surface area contributed by atoms with E-state index in [0.29, 0.717) is 5.95 Å². The molecule has 0 atom stereocenters. The predicted molar refractivity (Wildman–Crippen MR) is 224 cm³/mol. The van der Waals surface area contributed by atoms with Gasteiger partial charge in [-0.2, -0.15) is 0 Å². The maximum absolute atomic E-state index is 6.11. The molecule has 256 valence electrons. The maximum Gasteiger partial charge on any atom is 0.235 e. The van der Waals surface area contributed by atoms with E-state index in [1.807, 2.05) is 30.5 Å². The van der Waals surface area contributed by atoms with Crippen LogP contribution in [-0.4, -0.2) is 24.1 Å². The van der Waals surface area contributed by atoms with Crippen molar-refractivity contribution in [1.29, 1.82) is 0 Å². The molecule has 0 saturated carbocycles. The highest BCUT2D eigenvalue weighted by molar-refractivity contribution is 6.13. The second-order valence-electron chi connectivity index (χ2n) is 14.1. The Morgan fingerprint density at radius 2 is 1.09 bits per heavy atom. The molecular weight excluding hydrogens is 675 g/mol. The molecule has 6 nitrogen and oxygen atoms in total. The normalized spacial score (nSPS) is 12.0. The standard InChI is InChI=1S/C49H29N5O/c1-2-11-30(12-3-1)47-37-15-4-7-16-40(37)51-49(52-47)54-42-18-9-5-13-34(42)36-23-20-32(28-44(36)54)31-21-24-43-38(27-31)35-14-6-8-17-41(35)53(43)33-22-25-45-39(29-33)48-46(55-45)19-10-26-50-48/h1-29H. The molecule has 55 heavy (non-hydrogen) atoms. The largest absolute Gasteiger partial charge is 0.454 e. The molecular formula is C49H29N5O. The van der Waals surface area contributed by atoms with E-state index in [-0.39, 0.29) is 0 Å². The van der Waals surface area contributed by atoms with Crippen LogP contribution in [0.25, 0.3) is 111 Å². The van der Waals surface area contributed by atoms with E-state index >= 15 is 0 Å². The van der Waals surface area contributed by atoms with Crippen LogP contribution in [0.15, 0.2) is 180 Å². The molecule has 5 heterocycles. The highest BCUT2D eigenvalue weighted by Gasteiger charge is 2.19. The lowest BCUT2D eigenvalue weighted by atomic mass is 10.0. The number of nitrogens with zero attached hydrogens (tertiary/aromatic N) is 5. The van der Waals surface area contributed by atoms with Crippen molar-refractivity contribution in [2.75, 3.05) is 0 Å². The van der Waals surface area contributed by atoms with Crippen LogP contribution >= 0.6 is 0 Å². The Hall–Kier alpha value is -7.57. The fourth-order valence-corrected chi connectivity index (χ4v) is 8.50. The molecule has 0 bridgehead atoms. The first-order valence-electron chi connectivity index (χ1n) is 18.4. The van der Waals surface area contributed by atoms with Crippen LogP contribution < -0.4 is 0 Å². The van der Waals surface area contributed by atoms with Gasteiger partial charge in [0.05, 0.1) is 33.3 Å². The molecule has 6 heteroatoms. The van der Waals surface area contributed by atoms with E-state index in [1.54, 1.807) is 0 Å². The fourth-order valence-electron chi connectivity index (χ4n) is 8.50. The summed E-state index contributed by atoms with van der Waals surface area (Å²) in [5.41, 5.74) is 13.1. The van der Waals surface area contributed by atoms with Crippen molar-refractivity contribution in [3.8, 4) is 34.0 Å².